The smallest absolute Gasteiger partial charge is 0.307 e. The topological polar surface area (TPSA) is 85.8 Å². The molecule has 3 aromatic heterocycles. The van der Waals surface area contributed by atoms with E-state index < -0.39 is 5.97 Å². The molecule has 4 aromatic rings. The molecule has 7 nitrogen and oxygen atoms in total. The lowest BCUT2D eigenvalue weighted by atomic mass is 10.2. The molecule has 0 aliphatic carbocycles. The molecule has 8 heteroatoms. The summed E-state index contributed by atoms with van der Waals surface area (Å²) in [6.07, 6.45) is 8.39. The van der Waals surface area contributed by atoms with E-state index in [1.54, 1.807) is 46.3 Å². The van der Waals surface area contributed by atoms with Crippen LogP contribution in [0.4, 0.5) is 0 Å². The molecule has 4 rings (SSSR count). The van der Waals surface area contributed by atoms with Crippen LogP contribution < -0.4 is 0 Å². The van der Waals surface area contributed by atoms with Gasteiger partial charge in [0.25, 0.3) is 0 Å². The Hall–Kier alpha value is -3.19. The number of fused-ring (bicyclic) bond motifs is 1. The molecular weight excluding hydrogens is 342 g/mol. The molecule has 0 spiro atoms. The number of halogens is 1. The molecule has 0 saturated carbocycles. The lowest BCUT2D eigenvalue weighted by Crippen LogP contribution is -2.04. The van der Waals surface area contributed by atoms with Gasteiger partial charge in [-0.05, 0) is 29.8 Å². The number of carboxylic acids is 1. The van der Waals surface area contributed by atoms with Crippen molar-refractivity contribution in [1.82, 2.24) is 24.3 Å². The molecule has 124 valence electrons. The zero-order valence-corrected chi connectivity index (χ0v) is 13.6. The number of carboxylic acid groups (broad SMARTS) is 1. The summed E-state index contributed by atoms with van der Waals surface area (Å²) in [6.45, 7) is 0. The van der Waals surface area contributed by atoms with Crippen molar-refractivity contribution >= 4 is 28.5 Å². The highest BCUT2D eigenvalue weighted by molar-refractivity contribution is 6.31. The molecule has 0 saturated heterocycles. The van der Waals surface area contributed by atoms with Crippen LogP contribution in [0.5, 0.6) is 0 Å². The highest BCUT2D eigenvalue weighted by Gasteiger charge is 2.10. The molecule has 0 amide bonds. The van der Waals surface area contributed by atoms with Crippen molar-refractivity contribution in [1.29, 1.82) is 0 Å². The molecular formula is C17H12ClN5O2. The van der Waals surface area contributed by atoms with Gasteiger partial charge in [-0.1, -0.05) is 11.6 Å². The van der Waals surface area contributed by atoms with Gasteiger partial charge >= 0.3 is 5.97 Å². The van der Waals surface area contributed by atoms with E-state index in [9.17, 15) is 4.79 Å². The minimum atomic E-state index is -0.877. The number of hydrogen-bond donors (Lipinski definition) is 1. The summed E-state index contributed by atoms with van der Waals surface area (Å²) < 4.78 is 3.40. The van der Waals surface area contributed by atoms with Crippen LogP contribution in [0, 0.1) is 0 Å². The van der Waals surface area contributed by atoms with Crippen molar-refractivity contribution in [3.8, 4) is 11.6 Å². The molecule has 1 N–H and O–H groups in total. The van der Waals surface area contributed by atoms with Crippen LogP contribution >= 0.6 is 11.6 Å². The third-order valence-electron chi connectivity index (χ3n) is 3.73. The Balaban J connectivity index is 1.75. The fraction of sp³-hybridized carbons (Fsp3) is 0.0588. The first-order valence-corrected chi connectivity index (χ1v) is 7.83. The Labute approximate surface area is 147 Å². The van der Waals surface area contributed by atoms with Crippen molar-refractivity contribution < 1.29 is 9.90 Å². The standard InChI is InChI=1S/C17H12ClN5O2/c18-13-2-1-12-7-20-23(14(12)6-13)16-9-19-8-15(21-16)22-4-3-11(10-22)5-17(24)25/h1-4,6-10H,5H2,(H,24,25). The SMILES string of the molecule is O=C(O)Cc1ccn(-c2cncc(-n3ncc4ccc(Cl)cc43)n2)c1. The third-order valence-corrected chi connectivity index (χ3v) is 3.97. The van der Waals surface area contributed by atoms with Gasteiger partial charge in [0.15, 0.2) is 11.6 Å². The van der Waals surface area contributed by atoms with E-state index in [1.165, 1.54) is 0 Å². The van der Waals surface area contributed by atoms with E-state index in [1.807, 2.05) is 18.2 Å². The summed E-state index contributed by atoms with van der Waals surface area (Å²) in [5.74, 6) is 0.237. The van der Waals surface area contributed by atoms with Gasteiger partial charge in [-0.15, -0.1) is 0 Å². The summed E-state index contributed by atoms with van der Waals surface area (Å²) in [5, 5.41) is 14.8. The number of benzene rings is 1. The predicted molar refractivity (Wildman–Crippen MR) is 92.3 cm³/mol. The number of carbonyl (C=O) groups is 1. The fourth-order valence-electron chi connectivity index (χ4n) is 2.61. The second kappa shape index (κ2) is 6.03. The highest BCUT2D eigenvalue weighted by Crippen LogP contribution is 2.21. The first-order chi connectivity index (χ1) is 12.1. The van der Waals surface area contributed by atoms with E-state index in [2.05, 4.69) is 15.1 Å². The fourth-order valence-corrected chi connectivity index (χ4v) is 2.78. The van der Waals surface area contributed by atoms with Crippen LogP contribution in [0.25, 0.3) is 22.5 Å². The molecule has 0 aliphatic rings. The lowest BCUT2D eigenvalue weighted by molar-refractivity contribution is -0.136. The third kappa shape index (κ3) is 2.97. The molecule has 3 heterocycles. The van der Waals surface area contributed by atoms with Gasteiger partial charge in [-0.3, -0.25) is 9.78 Å². The average molecular weight is 354 g/mol. The lowest BCUT2D eigenvalue weighted by Gasteiger charge is -2.06. The maximum absolute atomic E-state index is 10.8. The summed E-state index contributed by atoms with van der Waals surface area (Å²) in [5.41, 5.74) is 1.52. The predicted octanol–water partition coefficient (Wildman–Crippen LogP) is 2.89. The molecule has 25 heavy (non-hydrogen) atoms. The molecule has 0 unspecified atom stereocenters. The van der Waals surface area contributed by atoms with Crippen LogP contribution in [0.2, 0.25) is 5.02 Å². The number of rotatable bonds is 4. The quantitative estimate of drug-likeness (QED) is 0.609. The van der Waals surface area contributed by atoms with Gasteiger partial charge in [0.2, 0.25) is 0 Å². The van der Waals surface area contributed by atoms with Crippen molar-refractivity contribution in [3.63, 3.8) is 0 Å². The molecule has 0 atom stereocenters. The van der Waals surface area contributed by atoms with Crippen molar-refractivity contribution in [2.24, 2.45) is 0 Å². The molecule has 0 fully saturated rings. The van der Waals surface area contributed by atoms with E-state index in [-0.39, 0.29) is 6.42 Å². The molecule has 0 bridgehead atoms. The zero-order chi connectivity index (χ0) is 17.4. The van der Waals surface area contributed by atoms with Gasteiger partial charge in [0.1, 0.15) is 0 Å². The minimum absolute atomic E-state index is 0.0393. The Kier molecular flexibility index (Phi) is 3.70. The number of aliphatic carboxylic acids is 1. The van der Waals surface area contributed by atoms with Crippen LogP contribution in [0.1, 0.15) is 5.56 Å². The Morgan fingerprint density at radius 1 is 1.16 bits per heavy atom. The molecule has 0 aliphatic heterocycles. The summed E-state index contributed by atoms with van der Waals surface area (Å²) in [7, 11) is 0. The average Bonchev–Trinajstić information content (AvgIpc) is 3.21. The summed E-state index contributed by atoms with van der Waals surface area (Å²) in [6, 6.07) is 7.26. The van der Waals surface area contributed by atoms with Gasteiger partial charge in [0, 0.05) is 22.8 Å². The normalized spacial score (nSPS) is 11.1. The zero-order valence-electron chi connectivity index (χ0n) is 12.9. The van der Waals surface area contributed by atoms with E-state index in [4.69, 9.17) is 16.7 Å². The van der Waals surface area contributed by atoms with Crippen molar-refractivity contribution in [3.05, 3.63) is 65.8 Å². The Morgan fingerprint density at radius 3 is 2.84 bits per heavy atom. The van der Waals surface area contributed by atoms with Crippen LogP contribution in [0.15, 0.2) is 55.2 Å². The number of nitrogens with zero attached hydrogens (tertiary/aromatic N) is 5. The maximum atomic E-state index is 10.8. The van der Waals surface area contributed by atoms with E-state index >= 15 is 0 Å². The van der Waals surface area contributed by atoms with Gasteiger partial charge in [-0.2, -0.15) is 5.10 Å². The Bertz CT molecular complexity index is 1090. The molecule has 1 aromatic carbocycles. The van der Waals surface area contributed by atoms with Crippen LogP contribution in [0.3, 0.4) is 0 Å². The van der Waals surface area contributed by atoms with Crippen molar-refractivity contribution in [2.45, 2.75) is 6.42 Å². The first kappa shape index (κ1) is 15.3. The highest BCUT2D eigenvalue weighted by atomic mass is 35.5. The van der Waals surface area contributed by atoms with Gasteiger partial charge < -0.3 is 9.67 Å². The van der Waals surface area contributed by atoms with Gasteiger partial charge in [0.05, 0.1) is 30.5 Å². The number of aromatic nitrogens is 5. The monoisotopic (exact) mass is 353 g/mol. The van der Waals surface area contributed by atoms with Crippen LogP contribution in [-0.2, 0) is 11.2 Å². The van der Waals surface area contributed by atoms with E-state index in [0.717, 1.165) is 10.9 Å². The number of hydrogen-bond acceptors (Lipinski definition) is 4. The second-order valence-corrected chi connectivity index (χ2v) is 5.93. The maximum Gasteiger partial charge on any atom is 0.307 e. The summed E-state index contributed by atoms with van der Waals surface area (Å²) in [4.78, 5) is 19.6. The van der Waals surface area contributed by atoms with E-state index in [0.29, 0.717) is 22.2 Å². The molecule has 0 radical (unpaired) electrons. The second-order valence-electron chi connectivity index (χ2n) is 5.49. The van der Waals surface area contributed by atoms with Crippen molar-refractivity contribution in [2.75, 3.05) is 0 Å². The first-order valence-electron chi connectivity index (χ1n) is 7.45. The minimum Gasteiger partial charge on any atom is -0.481 e. The van der Waals surface area contributed by atoms with Gasteiger partial charge in [-0.25, -0.2) is 9.67 Å². The van der Waals surface area contributed by atoms with Crippen LogP contribution in [-0.4, -0.2) is 35.4 Å². The summed E-state index contributed by atoms with van der Waals surface area (Å²) >= 11 is 6.08. The Morgan fingerprint density at radius 2 is 2.00 bits per heavy atom. The largest absolute Gasteiger partial charge is 0.481 e.